The van der Waals surface area contributed by atoms with Gasteiger partial charge in [-0.05, 0) is 18.9 Å². The van der Waals surface area contributed by atoms with E-state index >= 15 is 0 Å². The van der Waals surface area contributed by atoms with E-state index in [1.807, 2.05) is 30.3 Å². The third-order valence-corrected chi connectivity index (χ3v) is 2.64. The lowest BCUT2D eigenvalue weighted by molar-refractivity contribution is 0.128. The van der Waals surface area contributed by atoms with Crippen molar-refractivity contribution in [3.63, 3.8) is 0 Å². The summed E-state index contributed by atoms with van der Waals surface area (Å²) in [5.41, 5.74) is 6.90. The number of benzene rings is 1. The second kappa shape index (κ2) is 11.0. The SMILES string of the molecule is CCC(C)NC(N)=NCCOCc1ccccc1.I. The Morgan fingerprint density at radius 3 is 2.68 bits per heavy atom. The van der Waals surface area contributed by atoms with Crippen LogP contribution in [0.25, 0.3) is 0 Å². The fourth-order valence-electron chi connectivity index (χ4n) is 1.40. The third kappa shape index (κ3) is 8.83. The van der Waals surface area contributed by atoms with E-state index in [1.54, 1.807) is 0 Å². The fourth-order valence-corrected chi connectivity index (χ4v) is 1.40. The van der Waals surface area contributed by atoms with Gasteiger partial charge >= 0.3 is 0 Å². The molecule has 0 radical (unpaired) electrons. The number of aliphatic imine (C=N–C) groups is 1. The summed E-state index contributed by atoms with van der Waals surface area (Å²) in [5, 5.41) is 3.11. The molecule has 3 N–H and O–H groups in total. The summed E-state index contributed by atoms with van der Waals surface area (Å²) in [7, 11) is 0. The first kappa shape index (κ1) is 18.2. The van der Waals surface area contributed by atoms with Gasteiger partial charge in [-0.1, -0.05) is 37.3 Å². The van der Waals surface area contributed by atoms with Crippen molar-refractivity contribution in [2.75, 3.05) is 13.2 Å². The quantitative estimate of drug-likeness (QED) is 0.332. The molecule has 0 aliphatic rings. The summed E-state index contributed by atoms with van der Waals surface area (Å²) >= 11 is 0. The van der Waals surface area contributed by atoms with Gasteiger partial charge in [0.05, 0.1) is 19.8 Å². The molecule has 1 unspecified atom stereocenters. The van der Waals surface area contributed by atoms with Gasteiger partial charge < -0.3 is 15.8 Å². The second-order valence-corrected chi connectivity index (χ2v) is 4.26. The summed E-state index contributed by atoms with van der Waals surface area (Å²) in [4.78, 5) is 4.20. The minimum atomic E-state index is 0. The highest BCUT2D eigenvalue weighted by Gasteiger charge is 1.98. The molecular formula is C14H24IN3O. The molecule has 1 rings (SSSR count). The lowest BCUT2D eigenvalue weighted by atomic mass is 10.2. The zero-order valence-electron chi connectivity index (χ0n) is 11.6. The minimum absolute atomic E-state index is 0. The number of rotatable bonds is 7. The zero-order chi connectivity index (χ0) is 13.2. The molecule has 1 aromatic rings. The Labute approximate surface area is 132 Å². The highest BCUT2D eigenvalue weighted by Crippen LogP contribution is 1.99. The van der Waals surface area contributed by atoms with Crippen LogP contribution in [0, 0.1) is 0 Å². The molecule has 0 heterocycles. The first-order valence-corrected chi connectivity index (χ1v) is 6.40. The van der Waals surface area contributed by atoms with Gasteiger partial charge in [0.1, 0.15) is 0 Å². The molecule has 0 amide bonds. The topological polar surface area (TPSA) is 59.6 Å². The van der Waals surface area contributed by atoms with Crippen LogP contribution in [-0.2, 0) is 11.3 Å². The molecule has 1 atom stereocenters. The van der Waals surface area contributed by atoms with Gasteiger partial charge in [-0.15, -0.1) is 24.0 Å². The largest absolute Gasteiger partial charge is 0.375 e. The monoisotopic (exact) mass is 377 g/mol. The van der Waals surface area contributed by atoms with E-state index in [4.69, 9.17) is 10.5 Å². The average Bonchev–Trinajstić information content (AvgIpc) is 2.39. The normalized spacial score (nSPS) is 12.6. The van der Waals surface area contributed by atoms with Crippen LogP contribution >= 0.6 is 24.0 Å². The molecule has 5 heteroatoms. The van der Waals surface area contributed by atoms with Crippen molar-refractivity contribution in [3.8, 4) is 0 Å². The summed E-state index contributed by atoms with van der Waals surface area (Å²) in [6, 6.07) is 10.5. The minimum Gasteiger partial charge on any atom is -0.375 e. The lowest BCUT2D eigenvalue weighted by Crippen LogP contribution is -2.38. The molecule has 0 saturated heterocycles. The number of hydrogen-bond acceptors (Lipinski definition) is 2. The van der Waals surface area contributed by atoms with E-state index in [1.165, 1.54) is 5.56 Å². The van der Waals surface area contributed by atoms with E-state index in [9.17, 15) is 0 Å². The molecule has 108 valence electrons. The molecule has 0 aliphatic carbocycles. The number of halogens is 1. The van der Waals surface area contributed by atoms with Crippen molar-refractivity contribution in [1.82, 2.24) is 5.32 Å². The fraction of sp³-hybridized carbons (Fsp3) is 0.500. The van der Waals surface area contributed by atoms with Crippen molar-refractivity contribution < 1.29 is 4.74 Å². The van der Waals surface area contributed by atoms with Crippen LogP contribution < -0.4 is 11.1 Å². The van der Waals surface area contributed by atoms with Gasteiger partial charge in [-0.25, -0.2) is 0 Å². The molecule has 1 aromatic carbocycles. The molecule has 0 fully saturated rings. The predicted molar refractivity (Wildman–Crippen MR) is 90.9 cm³/mol. The maximum absolute atomic E-state index is 5.73. The van der Waals surface area contributed by atoms with Gasteiger partial charge in [-0.3, -0.25) is 4.99 Å². The Kier molecular flexibility index (Phi) is 10.6. The average molecular weight is 377 g/mol. The van der Waals surface area contributed by atoms with Gasteiger partial charge in [0.25, 0.3) is 0 Å². The van der Waals surface area contributed by atoms with E-state index in [2.05, 4.69) is 24.2 Å². The molecule has 0 saturated carbocycles. The van der Waals surface area contributed by atoms with Crippen LogP contribution in [0.4, 0.5) is 0 Å². The Morgan fingerprint density at radius 1 is 1.37 bits per heavy atom. The van der Waals surface area contributed by atoms with Crippen LogP contribution in [-0.4, -0.2) is 25.2 Å². The molecule has 19 heavy (non-hydrogen) atoms. The molecule has 0 aliphatic heterocycles. The number of nitrogens with two attached hydrogens (primary N) is 1. The number of nitrogens with one attached hydrogen (secondary N) is 1. The number of guanidine groups is 1. The summed E-state index contributed by atoms with van der Waals surface area (Å²) in [5.74, 6) is 0.493. The van der Waals surface area contributed by atoms with Crippen LogP contribution in [0.1, 0.15) is 25.8 Å². The van der Waals surface area contributed by atoms with Gasteiger partial charge in [0.2, 0.25) is 0 Å². The number of hydrogen-bond donors (Lipinski definition) is 2. The Hall–Kier alpha value is -0.820. The van der Waals surface area contributed by atoms with Crippen LogP contribution in [0.5, 0.6) is 0 Å². The highest BCUT2D eigenvalue weighted by atomic mass is 127. The van der Waals surface area contributed by atoms with E-state index in [-0.39, 0.29) is 24.0 Å². The smallest absolute Gasteiger partial charge is 0.188 e. The van der Waals surface area contributed by atoms with Gasteiger partial charge in [0.15, 0.2) is 5.96 Å². The van der Waals surface area contributed by atoms with Gasteiger partial charge in [-0.2, -0.15) is 0 Å². The molecule has 4 nitrogen and oxygen atoms in total. The Balaban J connectivity index is 0.00000324. The molecule has 0 aromatic heterocycles. The maximum Gasteiger partial charge on any atom is 0.188 e. The summed E-state index contributed by atoms with van der Waals surface area (Å²) in [6.07, 6.45) is 1.03. The van der Waals surface area contributed by atoms with Gasteiger partial charge in [0, 0.05) is 6.04 Å². The molecule has 0 spiro atoms. The summed E-state index contributed by atoms with van der Waals surface area (Å²) in [6.45, 7) is 5.97. The van der Waals surface area contributed by atoms with Crippen molar-refractivity contribution in [2.24, 2.45) is 10.7 Å². The predicted octanol–water partition coefficient (Wildman–Crippen LogP) is 2.52. The van der Waals surface area contributed by atoms with Crippen LogP contribution in [0.15, 0.2) is 35.3 Å². The first-order valence-electron chi connectivity index (χ1n) is 6.40. The van der Waals surface area contributed by atoms with Crippen molar-refractivity contribution in [3.05, 3.63) is 35.9 Å². The van der Waals surface area contributed by atoms with E-state index < -0.39 is 0 Å². The molecular weight excluding hydrogens is 353 g/mol. The van der Waals surface area contributed by atoms with Crippen molar-refractivity contribution >= 4 is 29.9 Å². The lowest BCUT2D eigenvalue weighted by Gasteiger charge is -2.11. The van der Waals surface area contributed by atoms with Crippen molar-refractivity contribution in [1.29, 1.82) is 0 Å². The highest BCUT2D eigenvalue weighted by molar-refractivity contribution is 14.0. The third-order valence-electron chi connectivity index (χ3n) is 2.64. The maximum atomic E-state index is 5.73. The van der Waals surface area contributed by atoms with E-state index in [0.29, 0.717) is 31.8 Å². The van der Waals surface area contributed by atoms with Crippen molar-refractivity contribution in [2.45, 2.75) is 32.9 Å². The first-order chi connectivity index (χ1) is 8.72. The van der Waals surface area contributed by atoms with Crippen LogP contribution in [0.3, 0.4) is 0 Å². The number of nitrogens with zero attached hydrogens (tertiary/aromatic N) is 1. The zero-order valence-corrected chi connectivity index (χ0v) is 14.0. The standard InChI is InChI=1S/C14H23N3O.HI/c1-3-12(2)17-14(15)16-9-10-18-11-13-7-5-4-6-8-13;/h4-8,12H,3,9-11H2,1-2H3,(H3,15,16,17);1H. The molecule has 0 bridgehead atoms. The second-order valence-electron chi connectivity index (χ2n) is 4.26. The van der Waals surface area contributed by atoms with Crippen LogP contribution in [0.2, 0.25) is 0 Å². The number of ether oxygens (including phenoxy) is 1. The summed E-state index contributed by atoms with van der Waals surface area (Å²) < 4.78 is 5.51. The van der Waals surface area contributed by atoms with E-state index in [0.717, 1.165) is 6.42 Å². The Bertz CT molecular complexity index is 357. The Morgan fingerprint density at radius 2 is 2.05 bits per heavy atom.